The molecule has 1 N–H and O–H groups in total. The highest BCUT2D eigenvalue weighted by Crippen LogP contribution is 2.36. The maximum atomic E-state index is 13.0. The Bertz CT molecular complexity index is 906. The highest BCUT2D eigenvalue weighted by atomic mass is 32.1. The van der Waals surface area contributed by atoms with Gasteiger partial charge in [-0.3, -0.25) is 4.90 Å². The van der Waals surface area contributed by atoms with Crippen LogP contribution in [0.15, 0.2) is 47.0 Å². The van der Waals surface area contributed by atoms with Gasteiger partial charge < -0.3 is 14.8 Å². The normalized spacial score (nSPS) is 16.9. The lowest BCUT2D eigenvalue weighted by Gasteiger charge is -2.37. The van der Waals surface area contributed by atoms with Crippen molar-refractivity contribution in [2.45, 2.75) is 26.8 Å². The summed E-state index contributed by atoms with van der Waals surface area (Å²) < 4.78 is 10.5. The minimum atomic E-state index is -0.364. The third kappa shape index (κ3) is 4.11. The van der Waals surface area contributed by atoms with Crippen molar-refractivity contribution in [1.29, 1.82) is 0 Å². The number of anilines is 1. The number of allylic oxidation sites excluding steroid dienone is 1. The predicted molar refractivity (Wildman–Crippen MR) is 117 cm³/mol. The molecule has 0 radical (unpaired) electrons. The van der Waals surface area contributed by atoms with Gasteiger partial charge in [0.2, 0.25) is 0 Å². The molecule has 0 spiro atoms. The minimum Gasteiger partial charge on any atom is -0.460 e. The van der Waals surface area contributed by atoms with Crippen LogP contribution < -0.4 is 10.2 Å². The van der Waals surface area contributed by atoms with Gasteiger partial charge in [-0.15, -0.1) is 11.3 Å². The van der Waals surface area contributed by atoms with Crippen molar-refractivity contribution in [3.05, 3.63) is 63.0 Å². The van der Waals surface area contributed by atoms with Crippen LogP contribution in [0, 0.1) is 13.8 Å². The fourth-order valence-electron chi connectivity index (χ4n) is 3.15. The van der Waals surface area contributed by atoms with Gasteiger partial charge in [-0.25, -0.2) is 4.79 Å². The maximum absolute atomic E-state index is 13.0. The zero-order chi connectivity index (χ0) is 20.3. The fourth-order valence-corrected chi connectivity index (χ4v) is 4.29. The zero-order valence-electron chi connectivity index (χ0n) is 16.4. The third-order valence-electron chi connectivity index (χ3n) is 4.80. The van der Waals surface area contributed by atoms with Crippen molar-refractivity contribution >= 4 is 40.3 Å². The van der Waals surface area contributed by atoms with Gasteiger partial charge in [0.05, 0.1) is 18.2 Å². The Kier molecular flexibility index (Phi) is 6.49. The van der Waals surface area contributed by atoms with Gasteiger partial charge in [0.25, 0.3) is 0 Å². The van der Waals surface area contributed by atoms with E-state index >= 15 is 0 Å². The summed E-state index contributed by atoms with van der Waals surface area (Å²) in [6.07, 6.45) is 0. The summed E-state index contributed by atoms with van der Waals surface area (Å²) in [7, 11) is 1.58. The summed E-state index contributed by atoms with van der Waals surface area (Å²) in [5, 5.41) is 5.88. The molecule has 7 heteroatoms. The van der Waals surface area contributed by atoms with E-state index in [4.69, 9.17) is 21.7 Å². The van der Waals surface area contributed by atoms with Crippen LogP contribution in [-0.2, 0) is 14.3 Å². The SMILES string of the molecule is COCCOC(=O)C1=C(C)N(c2ccc(C)c(C)c2)C(=S)N[C@H]1c1cccs1. The van der Waals surface area contributed by atoms with Crippen LogP contribution in [0.5, 0.6) is 0 Å². The first kappa shape index (κ1) is 20.5. The Hall–Kier alpha value is -2.22. The molecule has 0 saturated carbocycles. The Balaban J connectivity index is 2.05. The van der Waals surface area contributed by atoms with E-state index in [2.05, 4.69) is 31.3 Å². The summed E-state index contributed by atoms with van der Waals surface area (Å²) in [5.41, 5.74) is 4.62. The standard InChI is InChI=1S/C21H24N2O3S2/c1-13-7-8-16(12-14(13)2)23-15(3)18(20(24)26-10-9-25-4)19(22-21(23)27)17-6-5-11-28-17/h5-8,11-12,19H,9-10H2,1-4H3,(H,22,27)/t19-/m0/s1. The molecule has 1 aliphatic heterocycles. The average molecular weight is 417 g/mol. The van der Waals surface area contributed by atoms with Crippen molar-refractivity contribution < 1.29 is 14.3 Å². The fraction of sp³-hybridized carbons (Fsp3) is 0.333. The van der Waals surface area contributed by atoms with E-state index in [9.17, 15) is 4.79 Å². The van der Waals surface area contributed by atoms with Crippen LogP contribution in [0.1, 0.15) is 29.0 Å². The van der Waals surface area contributed by atoms with Gasteiger partial charge in [0.1, 0.15) is 6.61 Å². The highest BCUT2D eigenvalue weighted by Gasteiger charge is 2.36. The molecule has 1 atom stereocenters. The number of hydrogen-bond donors (Lipinski definition) is 1. The summed E-state index contributed by atoms with van der Waals surface area (Å²) in [6.45, 7) is 6.61. The van der Waals surface area contributed by atoms with Crippen LogP contribution in [0.25, 0.3) is 0 Å². The lowest BCUT2D eigenvalue weighted by molar-refractivity contribution is -0.140. The Labute approximate surface area is 175 Å². The Morgan fingerprint density at radius 3 is 2.64 bits per heavy atom. The van der Waals surface area contributed by atoms with Crippen molar-refractivity contribution in [2.24, 2.45) is 0 Å². The first-order chi connectivity index (χ1) is 13.4. The number of ether oxygens (including phenoxy) is 2. The maximum Gasteiger partial charge on any atom is 0.338 e. The van der Waals surface area contributed by atoms with Gasteiger partial charge in [0.15, 0.2) is 5.11 Å². The quantitative estimate of drug-likeness (QED) is 0.431. The molecule has 3 rings (SSSR count). The first-order valence-electron chi connectivity index (χ1n) is 9.02. The molecule has 2 aromatic rings. The molecular weight excluding hydrogens is 392 g/mol. The van der Waals surface area contributed by atoms with E-state index in [1.165, 1.54) is 5.56 Å². The van der Waals surface area contributed by atoms with E-state index < -0.39 is 0 Å². The number of hydrogen-bond acceptors (Lipinski definition) is 5. The molecule has 0 aliphatic carbocycles. The first-order valence-corrected chi connectivity index (χ1v) is 10.3. The van der Waals surface area contributed by atoms with Gasteiger partial charge >= 0.3 is 5.97 Å². The minimum absolute atomic E-state index is 0.206. The number of carbonyl (C=O) groups excluding carboxylic acids is 1. The van der Waals surface area contributed by atoms with Crippen molar-refractivity contribution in [3.8, 4) is 0 Å². The number of methoxy groups -OCH3 is 1. The lowest BCUT2D eigenvalue weighted by Crippen LogP contribution is -2.48. The molecule has 28 heavy (non-hydrogen) atoms. The van der Waals surface area contributed by atoms with Crippen LogP contribution in [0.4, 0.5) is 5.69 Å². The molecular formula is C21H24N2O3S2. The van der Waals surface area contributed by atoms with E-state index in [0.717, 1.165) is 21.8 Å². The zero-order valence-corrected chi connectivity index (χ0v) is 18.1. The largest absolute Gasteiger partial charge is 0.460 e. The Morgan fingerprint density at radius 2 is 2.00 bits per heavy atom. The lowest BCUT2D eigenvalue weighted by atomic mass is 9.99. The molecule has 0 unspecified atom stereocenters. The van der Waals surface area contributed by atoms with Gasteiger partial charge in [-0.2, -0.15) is 0 Å². The second-order valence-corrected chi connectivity index (χ2v) is 8.00. The van der Waals surface area contributed by atoms with E-state index in [-0.39, 0.29) is 18.6 Å². The third-order valence-corrected chi connectivity index (χ3v) is 6.04. The summed E-state index contributed by atoms with van der Waals surface area (Å²) >= 11 is 7.25. The van der Waals surface area contributed by atoms with Crippen molar-refractivity contribution in [3.63, 3.8) is 0 Å². The van der Waals surface area contributed by atoms with Gasteiger partial charge in [0, 0.05) is 23.4 Å². The van der Waals surface area contributed by atoms with Crippen LogP contribution >= 0.6 is 23.6 Å². The Morgan fingerprint density at radius 1 is 1.21 bits per heavy atom. The highest BCUT2D eigenvalue weighted by molar-refractivity contribution is 7.80. The van der Waals surface area contributed by atoms with Gasteiger partial charge in [-0.1, -0.05) is 12.1 Å². The van der Waals surface area contributed by atoms with E-state index in [0.29, 0.717) is 17.3 Å². The summed E-state index contributed by atoms with van der Waals surface area (Å²) in [5.74, 6) is -0.364. The second kappa shape index (κ2) is 8.86. The number of esters is 1. The van der Waals surface area contributed by atoms with Crippen molar-refractivity contribution in [1.82, 2.24) is 5.32 Å². The summed E-state index contributed by atoms with van der Waals surface area (Å²) in [4.78, 5) is 15.9. The molecule has 148 valence electrons. The number of thiocarbonyl (C=S) groups is 1. The number of rotatable bonds is 6. The second-order valence-electron chi connectivity index (χ2n) is 6.63. The topological polar surface area (TPSA) is 50.8 Å². The number of thiophene rings is 1. The van der Waals surface area contributed by atoms with Gasteiger partial charge in [-0.05, 0) is 67.7 Å². The van der Waals surface area contributed by atoms with Crippen LogP contribution in [0.2, 0.25) is 0 Å². The van der Waals surface area contributed by atoms with Crippen LogP contribution in [-0.4, -0.2) is 31.4 Å². The van der Waals surface area contributed by atoms with Crippen molar-refractivity contribution in [2.75, 3.05) is 25.2 Å². The molecule has 0 bridgehead atoms. The smallest absolute Gasteiger partial charge is 0.338 e. The molecule has 0 saturated heterocycles. The molecule has 2 heterocycles. The van der Waals surface area contributed by atoms with E-state index in [1.54, 1.807) is 18.4 Å². The molecule has 0 fully saturated rings. The number of carbonyl (C=O) groups is 1. The monoisotopic (exact) mass is 416 g/mol. The summed E-state index contributed by atoms with van der Waals surface area (Å²) in [6, 6.07) is 9.77. The van der Waals surface area contributed by atoms with Crippen LogP contribution in [0.3, 0.4) is 0 Å². The molecule has 1 aromatic heterocycles. The number of aryl methyl sites for hydroxylation is 2. The average Bonchev–Trinajstić information content (AvgIpc) is 3.19. The molecule has 1 aromatic carbocycles. The predicted octanol–water partition coefficient (Wildman–Crippen LogP) is 4.26. The number of benzene rings is 1. The molecule has 1 aliphatic rings. The molecule has 0 amide bonds. The molecule has 5 nitrogen and oxygen atoms in total. The number of nitrogens with one attached hydrogen (secondary N) is 1. The van der Waals surface area contributed by atoms with E-state index in [1.807, 2.05) is 35.4 Å². The number of nitrogens with zero attached hydrogens (tertiary/aromatic N) is 1.